The highest BCUT2D eigenvalue weighted by Crippen LogP contribution is 2.35. The fourth-order valence-corrected chi connectivity index (χ4v) is 4.81. The topological polar surface area (TPSA) is 108 Å². The molecule has 0 spiro atoms. The molecular formula is C23H20N2O7S2. The minimum atomic E-state index is -0.684. The van der Waals surface area contributed by atoms with Crippen molar-refractivity contribution in [1.82, 2.24) is 4.90 Å². The van der Waals surface area contributed by atoms with Crippen molar-refractivity contribution in [2.75, 3.05) is 20.3 Å². The average molecular weight is 501 g/mol. The lowest BCUT2D eigenvalue weighted by atomic mass is 10.1. The number of methoxy groups -OCH3 is 1. The van der Waals surface area contributed by atoms with E-state index in [0.29, 0.717) is 33.7 Å². The van der Waals surface area contributed by atoms with Crippen molar-refractivity contribution < 1.29 is 28.7 Å². The number of nitro benzene ring substituents is 1. The molecule has 2 aliphatic rings. The second-order valence-corrected chi connectivity index (χ2v) is 9.21. The van der Waals surface area contributed by atoms with Crippen LogP contribution in [0.4, 0.5) is 5.69 Å². The van der Waals surface area contributed by atoms with Crippen LogP contribution in [0.5, 0.6) is 11.5 Å². The fourth-order valence-electron chi connectivity index (χ4n) is 3.54. The van der Waals surface area contributed by atoms with Crippen molar-refractivity contribution in [2.24, 2.45) is 0 Å². The largest absolute Gasteiger partial charge is 0.493 e. The summed E-state index contributed by atoms with van der Waals surface area (Å²) in [6, 6.07) is 9.98. The Kier molecular flexibility index (Phi) is 7.25. The van der Waals surface area contributed by atoms with Crippen LogP contribution in [0.15, 0.2) is 47.4 Å². The Morgan fingerprint density at radius 3 is 2.71 bits per heavy atom. The average Bonchev–Trinajstić information content (AvgIpc) is 3.44. The normalized spacial score (nSPS) is 19.0. The van der Waals surface area contributed by atoms with E-state index in [4.69, 9.17) is 26.4 Å². The highest BCUT2D eigenvalue weighted by atomic mass is 32.2. The highest BCUT2D eigenvalue weighted by molar-refractivity contribution is 8.26. The van der Waals surface area contributed by atoms with Gasteiger partial charge in [-0.1, -0.05) is 30.0 Å². The number of benzene rings is 2. The quantitative estimate of drug-likeness (QED) is 0.138. The molecule has 0 bridgehead atoms. The summed E-state index contributed by atoms with van der Waals surface area (Å²) >= 11 is 6.61. The van der Waals surface area contributed by atoms with Crippen LogP contribution in [-0.2, 0) is 9.53 Å². The zero-order chi connectivity index (χ0) is 24.2. The van der Waals surface area contributed by atoms with Gasteiger partial charge in [0.05, 0.1) is 35.2 Å². The molecule has 1 amide bonds. The third-order valence-corrected chi connectivity index (χ3v) is 6.66. The molecule has 1 atom stereocenters. The number of esters is 1. The molecule has 2 aromatic rings. The third kappa shape index (κ3) is 5.27. The van der Waals surface area contributed by atoms with Crippen LogP contribution in [0, 0.1) is 10.1 Å². The van der Waals surface area contributed by atoms with Gasteiger partial charge < -0.3 is 14.2 Å². The molecule has 2 fully saturated rings. The zero-order valence-corrected chi connectivity index (χ0v) is 19.7. The first kappa shape index (κ1) is 23.9. The molecule has 176 valence electrons. The fraction of sp³-hybridized carbons (Fsp3) is 0.261. The van der Waals surface area contributed by atoms with E-state index in [0.717, 1.165) is 12.8 Å². The van der Waals surface area contributed by atoms with Gasteiger partial charge in [-0.3, -0.25) is 19.8 Å². The molecular weight excluding hydrogens is 480 g/mol. The number of thioether (sulfide) groups is 1. The molecule has 0 radical (unpaired) electrons. The number of thiocarbonyl (C=S) groups is 1. The van der Waals surface area contributed by atoms with Crippen LogP contribution in [-0.4, -0.2) is 52.4 Å². The van der Waals surface area contributed by atoms with E-state index in [-0.39, 0.29) is 29.0 Å². The maximum Gasteiger partial charge on any atom is 0.343 e. The molecule has 0 aromatic heterocycles. The van der Waals surface area contributed by atoms with E-state index in [9.17, 15) is 19.7 Å². The lowest BCUT2D eigenvalue weighted by Gasteiger charge is -2.18. The summed E-state index contributed by atoms with van der Waals surface area (Å²) < 4.78 is 16.9. The van der Waals surface area contributed by atoms with E-state index in [1.165, 1.54) is 43.1 Å². The van der Waals surface area contributed by atoms with Gasteiger partial charge in [0.1, 0.15) is 4.32 Å². The summed E-state index contributed by atoms with van der Waals surface area (Å²) in [4.78, 5) is 37.6. The number of amides is 1. The zero-order valence-electron chi connectivity index (χ0n) is 18.1. The monoisotopic (exact) mass is 500 g/mol. The van der Waals surface area contributed by atoms with Gasteiger partial charge in [0.25, 0.3) is 11.6 Å². The van der Waals surface area contributed by atoms with Crippen molar-refractivity contribution >= 4 is 51.9 Å². The van der Waals surface area contributed by atoms with Crippen molar-refractivity contribution in [1.29, 1.82) is 0 Å². The van der Waals surface area contributed by atoms with Crippen molar-refractivity contribution in [3.05, 3.63) is 68.6 Å². The van der Waals surface area contributed by atoms with Gasteiger partial charge in [0.15, 0.2) is 11.5 Å². The van der Waals surface area contributed by atoms with E-state index in [1.54, 1.807) is 29.2 Å². The summed E-state index contributed by atoms with van der Waals surface area (Å²) in [5.41, 5.74) is 0.705. The number of non-ortho nitro benzene ring substituents is 1. The second kappa shape index (κ2) is 10.3. The minimum absolute atomic E-state index is 0.00617. The lowest BCUT2D eigenvalue weighted by molar-refractivity contribution is -0.384. The minimum Gasteiger partial charge on any atom is -0.493 e. The van der Waals surface area contributed by atoms with Gasteiger partial charge >= 0.3 is 5.97 Å². The maximum absolute atomic E-state index is 12.8. The van der Waals surface area contributed by atoms with Gasteiger partial charge in [0.2, 0.25) is 0 Å². The van der Waals surface area contributed by atoms with Gasteiger partial charge in [-0.05, 0) is 48.7 Å². The van der Waals surface area contributed by atoms with Crippen molar-refractivity contribution in [3.8, 4) is 11.5 Å². The summed E-state index contributed by atoms with van der Waals surface area (Å²) in [6.45, 7) is 1.15. The van der Waals surface area contributed by atoms with Crippen LogP contribution in [0.2, 0.25) is 0 Å². The molecule has 2 aromatic carbocycles. The van der Waals surface area contributed by atoms with E-state index in [1.807, 2.05) is 0 Å². The van der Waals surface area contributed by atoms with Gasteiger partial charge in [-0.2, -0.15) is 0 Å². The number of carbonyl (C=O) groups excluding carboxylic acids is 2. The molecule has 2 saturated heterocycles. The smallest absolute Gasteiger partial charge is 0.343 e. The van der Waals surface area contributed by atoms with Crippen molar-refractivity contribution in [2.45, 2.75) is 18.9 Å². The van der Waals surface area contributed by atoms with Crippen LogP contribution in [0.25, 0.3) is 6.08 Å². The summed E-state index contributed by atoms with van der Waals surface area (Å²) in [7, 11) is 1.43. The predicted octanol–water partition coefficient (Wildman–Crippen LogP) is 4.20. The standard InChI is InChI=1S/C23H20N2O7S2/c1-30-19-11-14(12-20-21(26)24(23(33)34-20)13-17-3-2-10-31-17)4-9-18(19)32-22(27)15-5-7-16(8-6-15)25(28)29/h4-9,11-12,17H,2-3,10,13H2,1H3/b20-12+/t17-/m0/s1. The molecule has 34 heavy (non-hydrogen) atoms. The molecule has 0 saturated carbocycles. The number of carbonyl (C=O) groups is 2. The van der Waals surface area contributed by atoms with Crippen molar-refractivity contribution in [3.63, 3.8) is 0 Å². The van der Waals surface area contributed by atoms with E-state index >= 15 is 0 Å². The molecule has 0 unspecified atom stereocenters. The third-order valence-electron chi connectivity index (χ3n) is 5.29. The number of ether oxygens (including phenoxy) is 3. The summed E-state index contributed by atoms with van der Waals surface area (Å²) in [5, 5.41) is 10.8. The molecule has 2 heterocycles. The Bertz CT molecular complexity index is 1170. The highest BCUT2D eigenvalue weighted by Gasteiger charge is 2.34. The molecule has 11 heteroatoms. The van der Waals surface area contributed by atoms with Gasteiger partial charge in [0, 0.05) is 18.7 Å². The first-order valence-corrected chi connectivity index (χ1v) is 11.6. The maximum atomic E-state index is 12.8. The van der Waals surface area contributed by atoms with Crippen LogP contribution in [0.1, 0.15) is 28.8 Å². The van der Waals surface area contributed by atoms with Crippen LogP contribution < -0.4 is 9.47 Å². The summed E-state index contributed by atoms with van der Waals surface area (Å²) in [5.74, 6) is -0.387. The Morgan fingerprint density at radius 1 is 1.29 bits per heavy atom. The van der Waals surface area contributed by atoms with Crippen LogP contribution >= 0.6 is 24.0 Å². The number of rotatable bonds is 7. The van der Waals surface area contributed by atoms with E-state index in [2.05, 4.69) is 0 Å². The first-order valence-electron chi connectivity index (χ1n) is 10.4. The number of hydrogen-bond donors (Lipinski definition) is 0. The summed E-state index contributed by atoms with van der Waals surface area (Å²) in [6.07, 6.45) is 3.61. The second-order valence-electron chi connectivity index (χ2n) is 7.53. The Hall–Kier alpha value is -3.28. The van der Waals surface area contributed by atoms with Crippen LogP contribution in [0.3, 0.4) is 0 Å². The predicted molar refractivity (Wildman–Crippen MR) is 130 cm³/mol. The van der Waals surface area contributed by atoms with Gasteiger partial charge in [-0.25, -0.2) is 4.79 Å². The molecule has 0 aliphatic carbocycles. The lowest BCUT2D eigenvalue weighted by Crippen LogP contribution is -2.35. The van der Waals surface area contributed by atoms with E-state index < -0.39 is 10.9 Å². The number of nitrogens with zero attached hydrogens (tertiary/aromatic N) is 2. The molecule has 4 rings (SSSR count). The molecule has 0 N–H and O–H groups in total. The first-order chi connectivity index (χ1) is 16.4. The molecule has 9 nitrogen and oxygen atoms in total. The Balaban J connectivity index is 1.48. The number of nitro groups is 1. The SMILES string of the molecule is COc1cc(/C=C2/SC(=S)N(C[C@@H]3CCCO3)C2=O)ccc1OC(=O)c1ccc([N+](=O)[O-])cc1. The van der Waals surface area contributed by atoms with Gasteiger partial charge in [-0.15, -0.1) is 0 Å². The number of hydrogen-bond acceptors (Lipinski definition) is 9. The Morgan fingerprint density at radius 2 is 2.06 bits per heavy atom. The Labute approximate surface area is 204 Å². The molecule has 2 aliphatic heterocycles.